The van der Waals surface area contributed by atoms with Crippen LogP contribution in [0.3, 0.4) is 0 Å². The first-order valence-corrected chi connectivity index (χ1v) is 12.9. The lowest BCUT2D eigenvalue weighted by Crippen LogP contribution is -2.62. The minimum Gasteiger partial charge on any atom is -0.394 e. The van der Waals surface area contributed by atoms with Crippen molar-refractivity contribution in [3.8, 4) is 0 Å². The third kappa shape index (κ3) is 3.58. The number of hydrogen-bond donors (Lipinski definition) is 1. The van der Waals surface area contributed by atoms with Gasteiger partial charge in [-0.1, -0.05) is 51.5 Å². The second kappa shape index (κ2) is 8.73. The van der Waals surface area contributed by atoms with Gasteiger partial charge < -0.3 is 24.5 Å². The summed E-state index contributed by atoms with van der Waals surface area (Å²) in [7, 11) is 1.74. The number of carbonyl (C=O) groups excluding carboxylic acids is 3. The molecule has 3 amide bonds. The van der Waals surface area contributed by atoms with Crippen molar-refractivity contribution >= 4 is 17.7 Å². The van der Waals surface area contributed by atoms with E-state index in [0.29, 0.717) is 19.5 Å². The van der Waals surface area contributed by atoms with Crippen LogP contribution >= 0.6 is 0 Å². The summed E-state index contributed by atoms with van der Waals surface area (Å²) in [5.74, 6) is -2.25. The second-order valence-electron chi connectivity index (χ2n) is 11.6. The number of aliphatic hydroxyl groups is 1. The van der Waals surface area contributed by atoms with Crippen LogP contribution in [0.5, 0.6) is 0 Å². The highest BCUT2D eigenvalue weighted by molar-refractivity contribution is 6.00. The van der Waals surface area contributed by atoms with Crippen LogP contribution in [0.15, 0.2) is 24.3 Å². The number of fused-ring (bicyclic) bond motifs is 2. The molecule has 8 nitrogen and oxygen atoms in total. The molecule has 0 aromatic heterocycles. The molecule has 4 heterocycles. The zero-order valence-corrected chi connectivity index (χ0v) is 22.2. The molecule has 7 atom stereocenters. The predicted molar refractivity (Wildman–Crippen MR) is 132 cm³/mol. The van der Waals surface area contributed by atoms with Gasteiger partial charge in [0.1, 0.15) is 11.6 Å². The van der Waals surface area contributed by atoms with Gasteiger partial charge in [0.2, 0.25) is 17.7 Å². The third-order valence-electron chi connectivity index (χ3n) is 8.73. The van der Waals surface area contributed by atoms with Gasteiger partial charge >= 0.3 is 0 Å². The van der Waals surface area contributed by atoms with E-state index < -0.39 is 40.7 Å². The fourth-order valence-corrected chi connectivity index (χ4v) is 6.60. The molecule has 0 aliphatic carbocycles. The van der Waals surface area contributed by atoms with E-state index in [0.717, 1.165) is 6.42 Å². The molecule has 8 heteroatoms. The smallest absolute Gasteiger partial charge is 0.249 e. The van der Waals surface area contributed by atoms with E-state index in [2.05, 4.69) is 0 Å². The molecule has 2 saturated heterocycles. The van der Waals surface area contributed by atoms with Gasteiger partial charge in [0.25, 0.3) is 0 Å². The van der Waals surface area contributed by atoms with Crippen molar-refractivity contribution in [2.75, 3.05) is 26.7 Å². The van der Waals surface area contributed by atoms with Gasteiger partial charge in [0.05, 0.1) is 30.1 Å². The zero-order chi connectivity index (χ0) is 25.9. The topological polar surface area (TPSA) is 90.4 Å². The summed E-state index contributed by atoms with van der Waals surface area (Å²) in [6.45, 7) is 12.4. The van der Waals surface area contributed by atoms with Crippen LogP contribution in [0, 0.1) is 17.8 Å². The lowest BCUT2D eigenvalue weighted by Gasteiger charge is -2.44. The van der Waals surface area contributed by atoms with Crippen molar-refractivity contribution in [3.05, 3.63) is 24.3 Å². The normalized spacial score (nSPS) is 36.6. The molecule has 0 aromatic rings. The highest BCUT2D eigenvalue weighted by Crippen LogP contribution is 2.59. The number of ether oxygens (including phenoxy) is 1. The molecule has 0 saturated carbocycles. The van der Waals surface area contributed by atoms with Crippen molar-refractivity contribution in [3.63, 3.8) is 0 Å². The standard InChI is InChI=1S/C27H41N3O5/c1-8-17(3)18(16-31)30-21-24(34)29(25(4,5)6)15-11-13-27(21)20(23(30)33)19-22(32)28(7)14-10-12-26(19,9-2)35-27/h10-13,17-21,31H,8-9,14-16H2,1-7H3/t17-,18-,19+,20-,21?,26-,27-/m0/s1. The molecule has 0 bridgehead atoms. The van der Waals surface area contributed by atoms with Crippen molar-refractivity contribution in [1.82, 2.24) is 14.7 Å². The van der Waals surface area contributed by atoms with Crippen LogP contribution in [0.1, 0.15) is 54.4 Å². The number of likely N-dealkylation sites (tertiary alicyclic amines) is 1. The maximum Gasteiger partial charge on any atom is 0.249 e. The lowest BCUT2D eigenvalue weighted by atomic mass is 9.73. The summed E-state index contributed by atoms with van der Waals surface area (Å²) in [6, 6.07) is -1.50. The Morgan fingerprint density at radius 1 is 1.06 bits per heavy atom. The number of nitrogens with zero attached hydrogens (tertiary/aromatic N) is 3. The molecular weight excluding hydrogens is 446 g/mol. The molecule has 194 valence electrons. The Morgan fingerprint density at radius 2 is 1.71 bits per heavy atom. The van der Waals surface area contributed by atoms with Crippen molar-refractivity contribution in [2.24, 2.45) is 17.8 Å². The lowest BCUT2D eigenvalue weighted by molar-refractivity contribution is -0.160. The molecule has 2 fully saturated rings. The second-order valence-corrected chi connectivity index (χ2v) is 11.6. The van der Waals surface area contributed by atoms with Gasteiger partial charge in [-0.15, -0.1) is 0 Å². The van der Waals surface area contributed by atoms with E-state index >= 15 is 0 Å². The highest BCUT2D eigenvalue weighted by Gasteiger charge is 2.76. The van der Waals surface area contributed by atoms with Crippen LogP contribution in [-0.4, -0.2) is 93.1 Å². The average Bonchev–Trinajstić information content (AvgIpc) is 3.10. The number of carbonyl (C=O) groups is 3. The van der Waals surface area contributed by atoms with Gasteiger partial charge in [-0.05, 0) is 33.1 Å². The molecule has 4 aliphatic heterocycles. The van der Waals surface area contributed by atoms with Gasteiger partial charge in [0, 0.05) is 25.7 Å². The minimum absolute atomic E-state index is 0.0358. The number of aliphatic hydroxyl groups excluding tert-OH is 1. The number of hydrogen-bond acceptors (Lipinski definition) is 5. The van der Waals surface area contributed by atoms with E-state index in [9.17, 15) is 19.5 Å². The monoisotopic (exact) mass is 487 g/mol. The molecule has 1 unspecified atom stereocenters. The van der Waals surface area contributed by atoms with Crippen LogP contribution in [0.4, 0.5) is 0 Å². The van der Waals surface area contributed by atoms with E-state index in [1.807, 2.05) is 65.8 Å². The Morgan fingerprint density at radius 3 is 2.29 bits per heavy atom. The molecule has 1 spiro atoms. The van der Waals surface area contributed by atoms with E-state index in [4.69, 9.17) is 4.74 Å². The Kier molecular flexibility index (Phi) is 6.46. The minimum atomic E-state index is -1.28. The van der Waals surface area contributed by atoms with E-state index in [1.54, 1.807) is 21.7 Å². The summed E-state index contributed by atoms with van der Waals surface area (Å²) in [5, 5.41) is 10.4. The molecule has 35 heavy (non-hydrogen) atoms. The van der Waals surface area contributed by atoms with Crippen molar-refractivity contribution in [2.45, 2.75) is 83.2 Å². The van der Waals surface area contributed by atoms with Gasteiger partial charge in [-0.2, -0.15) is 0 Å². The Bertz CT molecular complexity index is 955. The first-order chi connectivity index (χ1) is 16.4. The summed E-state index contributed by atoms with van der Waals surface area (Å²) in [6.07, 6.45) is 8.89. The van der Waals surface area contributed by atoms with Gasteiger partial charge in [-0.25, -0.2) is 0 Å². The summed E-state index contributed by atoms with van der Waals surface area (Å²) < 4.78 is 6.92. The number of amides is 3. The maximum atomic E-state index is 14.4. The fraction of sp³-hybridized carbons (Fsp3) is 0.741. The molecule has 1 N–H and O–H groups in total. The SMILES string of the molecule is CC[C@H](C)[C@H](CO)N1C(=O)[C@@H]2[C@@H]3C(=O)N(C)CC=C[C@]3(CC)O[C@@]23C=CCN(C(C)(C)C)C(=O)C13. The quantitative estimate of drug-likeness (QED) is 0.599. The molecular formula is C27H41N3O5. The van der Waals surface area contributed by atoms with E-state index in [-0.39, 0.29) is 30.2 Å². The van der Waals surface area contributed by atoms with Crippen LogP contribution in [-0.2, 0) is 19.1 Å². The average molecular weight is 488 g/mol. The summed E-state index contributed by atoms with van der Waals surface area (Å²) in [4.78, 5) is 47.5. The van der Waals surface area contributed by atoms with E-state index in [1.165, 1.54) is 0 Å². The summed E-state index contributed by atoms with van der Waals surface area (Å²) in [5.41, 5.74) is -2.74. The number of likely N-dealkylation sites (N-methyl/N-ethyl adjacent to an activating group) is 1. The highest BCUT2D eigenvalue weighted by atomic mass is 16.5. The fourth-order valence-electron chi connectivity index (χ4n) is 6.60. The molecule has 4 aliphatic rings. The van der Waals surface area contributed by atoms with Gasteiger partial charge in [0.15, 0.2) is 0 Å². The molecule has 4 rings (SSSR count). The zero-order valence-electron chi connectivity index (χ0n) is 22.2. The van der Waals surface area contributed by atoms with Crippen molar-refractivity contribution in [1.29, 1.82) is 0 Å². The number of rotatable bonds is 5. The Balaban J connectivity index is 1.96. The Labute approximate surface area is 208 Å². The van der Waals surface area contributed by atoms with Crippen LogP contribution < -0.4 is 0 Å². The third-order valence-corrected chi connectivity index (χ3v) is 8.73. The first kappa shape index (κ1) is 25.9. The van der Waals surface area contributed by atoms with Crippen molar-refractivity contribution < 1.29 is 24.2 Å². The predicted octanol–water partition coefficient (Wildman–Crippen LogP) is 1.98. The largest absolute Gasteiger partial charge is 0.394 e. The van der Waals surface area contributed by atoms with Crippen LogP contribution in [0.2, 0.25) is 0 Å². The molecule has 0 aromatic carbocycles. The molecule has 0 radical (unpaired) electrons. The van der Waals surface area contributed by atoms with Gasteiger partial charge in [-0.3, -0.25) is 14.4 Å². The summed E-state index contributed by atoms with van der Waals surface area (Å²) >= 11 is 0. The van der Waals surface area contributed by atoms with Crippen LogP contribution in [0.25, 0.3) is 0 Å². The maximum absolute atomic E-state index is 14.4. The Hall–Kier alpha value is -2.19. The first-order valence-electron chi connectivity index (χ1n) is 12.9.